The first-order valence-corrected chi connectivity index (χ1v) is 6.40. The fourth-order valence-corrected chi connectivity index (χ4v) is 2.21. The van der Waals surface area contributed by atoms with Crippen molar-refractivity contribution in [3.63, 3.8) is 0 Å². The van der Waals surface area contributed by atoms with Crippen LogP contribution in [0.25, 0.3) is 0 Å². The van der Waals surface area contributed by atoms with E-state index >= 15 is 0 Å². The van der Waals surface area contributed by atoms with Crippen molar-refractivity contribution in [1.82, 2.24) is 4.90 Å². The highest BCUT2D eigenvalue weighted by molar-refractivity contribution is 5.81. The molecule has 0 heterocycles. The minimum Gasteiger partial charge on any atom is -0.481 e. The van der Waals surface area contributed by atoms with E-state index in [0.29, 0.717) is 13.1 Å². The second kappa shape index (κ2) is 6.68. The van der Waals surface area contributed by atoms with Crippen molar-refractivity contribution in [2.45, 2.75) is 25.4 Å². The van der Waals surface area contributed by atoms with Crippen molar-refractivity contribution >= 4 is 5.97 Å². The third kappa shape index (κ3) is 4.04. The van der Waals surface area contributed by atoms with E-state index in [-0.39, 0.29) is 6.10 Å². The second-order valence-corrected chi connectivity index (χ2v) is 5.25. The molecule has 0 aromatic heterocycles. The molecule has 0 spiro atoms. The van der Waals surface area contributed by atoms with Crippen molar-refractivity contribution in [3.05, 3.63) is 35.9 Å². The highest BCUT2D eigenvalue weighted by Crippen LogP contribution is 2.25. The van der Waals surface area contributed by atoms with Crippen LogP contribution in [0.5, 0.6) is 0 Å². The topological polar surface area (TPSA) is 49.8 Å². The number of nitrogens with zero attached hydrogens (tertiary/aromatic N) is 1. The molecule has 2 atom stereocenters. The molecular formula is C15H23NO3. The second-order valence-electron chi connectivity index (χ2n) is 5.25. The fourth-order valence-electron chi connectivity index (χ4n) is 2.21. The normalized spacial score (nSPS) is 16.1. The van der Waals surface area contributed by atoms with Crippen LogP contribution in [0.1, 0.15) is 19.4 Å². The Morgan fingerprint density at radius 1 is 1.42 bits per heavy atom. The molecular weight excluding hydrogens is 242 g/mol. The van der Waals surface area contributed by atoms with Crippen LogP contribution in [0.4, 0.5) is 0 Å². The highest BCUT2D eigenvalue weighted by atomic mass is 16.5. The summed E-state index contributed by atoms with van der Waals surface area (Å²) in [5.41, 5.74) is -0.0943. The first kappa shape index (κ1) is 15.7. The number of carboxylic acids is 1. The molecule has 2 unspecified atom stereocenters. The fraction of sp³-hybridized carbons (Fsp3) is 0.533. The molecule has 1 aromatic rings. The number of likely N-dealkylation sites (N-methyl/N-ethyl adjacent to an activating group) is 1. The lowest BCUT2D eigenvalue weighted by Crippen LogP contribution is -2.45. The van der Waals surface area contributed by atoms with Crippen molar-refractivity contribution in [2.24, 2.45) is 0 Å². The van der Waals surface area contributed by atoms with Crippen LogP contribution in [0, 0.1) is 0 Å². The van der Waals surface area contributed by atoms with Gasteiger partial charge in [-0.2, -0.15) is 0 Å². The number of ether oxygens (including phenoxy) is 1. The zero-order chi connectivity index (χ0) is 14.5. The van der Waals surface area contributed by atoms with Gasteiger partial charge in [-0.3, -0.25) is 4.79 Å². The molecule has 0 radical (unpaired) electrons. The highest BCUT2D eigenvalue weighted by Gasteiger charge is 2.36. The van der Waals surface area contributed by atoms with Crippen molar-refractivity contribution in [3.8, 4) is 0 Å². The average Bonchev–Trinajstić information content (AvgIpc) is 2.39. The Hall–Kier alpha value is -1.39. The quantitative estimate of drug-likeness (QED) is 0.819. The average molecular weight is 265 g/mol. The number of methoxy groups -OCH3 is 1. The van der Waals surface area contributed by atoms with Crippen LogP contribution in [-0.2, 0) is 14.9 Å². The summed E-state index contributed by atoms with van der Waals surface area (Å²) in [7, 11) is 3.58. The van der Waals surface area contributed by atoms with Crippen molar-refractivity contribution in [1.29, 1.82) is 0 Å². The summed E-state index contributed by atoms with van der Waals surface area (Å²) >= 11 is 0. The number of carboxylic acid groups (broad SMARTS) is 1. The molecule has 0 aliphatic rings. The minimum atomic E-state index is -0.913. The standard InChI is InChI=1S/C15H23NO3/c1-12(19-4)10-16(3)11-15(2,14(17)18)13-8-6-5-7-9-13/h5-9,12H,10-11H2,1-4H3,(H,17,18). The summed E-state index contributed by atoms with van der Waals surface area (Å²) in [6, 6.07) is 9.36. The number of benzene rings is 1. The number of rotatable bonds is 7. The van der Waals surface area contributed by atoms with E-state index in [1.807, 2.05) is 49.2 Å². The zero-order valence-electron chi connectivity index (χ0n) is 12.1. The Labute approximate surface area is 115 Å². The molecule has 4 heteroatoms. The van der Waals surface area contributed by atoms with E-state index in [4.69, 9.17) is 4.74 Å². The Morgan fingerprint density at radius 3 is 2.47 bits per heavy atom. The number of aliphatic carboxylic acids is 1. The number of hydrogen-bond acceptors (Lipinski definition) is 3. The molecule has 1 rings (SSSR count). The van der Waals surface area contributed by atoms with Gasteiger partial charge in [0.2, 0.25) is 0 Å². The van der Waals surface area contributed by atoms with E-state index in [2.05, 4.69) is 0 Å². The molecule has 0 aliphatic carbocycles. The lowest BCUT2D eigenvalue weighted by atomic mass is 9.82. The van der Waals surface area contributed by atoms with Gasteiger partial charge in [0.1, 0.15) is 5.41 Å². The first-order chi connectivity index (χ1) is 8.90. The monoisotopic (exact) mass is 265 g/mol. The third-order valence-electron chi connectivity index (χ3n) is 3.44. The van der Waals surface area contributed by atoms with Crippen LogP contribution >= 0.6 is 0 Å². The van der Waals surface area contributed by atoms with Gasteiger partial charge in [0, 0.05) is 20.2 Å². The molecule has 0 aliphatic heterocycles. The van der Waals surface area contributed by atoms with Gasteiger partial charge in [-0.1, -0.05) is 30.3 Å². The first-order valence-electron chi connectivity index (χ1n) is 6.40. The van der Waals surface area contributed by atoms with Gasteiger partial charge in [0.25, 0.3) is 0 Å². The number of hydrogen-bond donors (Lipinski definition) is 1. The molecule has 4 nitrogen and oxygen atoms in total. The van der Waals surface area contributed by atoms with Crippen LogP contribution in [0.15, 0.2) is 30.3 Å². The van der Waals surface area contributed by atoms with Gasteiger partial charge in [0.05, 0.1) is 6.10 Å². The maximum absolute atomic E-state index is 11.7. The van der Waals surface area contributed by atoms with Crippen LogP contribution in [0.2, 0.25) is 0 Å². The molecule has 1 N–H and O–H groups in total. The van der Waals surface area contributed by atoms with E-state index in [9.17, 15) is 9.90 Å². The van der Waals surface area contributed by atoms with Crippen molar-refractivity contribution < 1.29 is 14.6 Å². The van der Waals surface area contributed by atoms with E-state index in [1.54, 1.807) is 14.0 Å². The third-order valence-corrected chi connectivity index (χ3v) is 3.44. The molecule has 0 amide bonds. The summed E-state index contributed by atoms with van der Waals surface area (Å²) in [5, 5.41) is 9.57. The minimum absolute atomic E-state index is 0.0822. The predicted molar refractivity (Wildman–Crippen MR) is 75.4 cm³/mol. The zero-order valence-corrected chi connectivity index (χ0v) is 12.1. The summed E-state index contributed by atoms with van der Waals surface area (Å²) in [5.74, 6) is -0.810. The van der Waals surface area contributed by atoms with E-state index < -0.39 is 11.4 Å². The molecule has 1 aromatic carbocycles. The van der Waals surface area contributed by atoms with Gasteiger partial charge in [-0.05, 0) is 26.5 Å². The van der Waals surface area contributed by atoms with Gasteiger partial charge in [-0.15, -0.1) is 0 Å². The molecule has 0 bridgehead atoms. The molecule has 0 saturated carbocycles. The molecule has 19 heavy (non-hydrogen) atoms. The Balaban J connectivity index is 2.87. The Morgan fingerprint density at radius 2 is 2.00 bits per heavy atom. The summed E-state index contributed by atoms with van der Waals surface area (Å²) < 4.78 is 5.21. The van der Waals surface area contributed by atoms with Gasteiger partial charge in [-0.25, -0.2) is 0 Å². The van der Waals surface area contributed by atoms with Crippen LogP contribution < -0.4 is 0 Å². The summed E-state index contributed by atoms with van der Waals surface area (Å²) in [6.45, 7) is 4.88. The summed E-state index contributed by atoms with van der Waals surface area (Å²) in [6.07, 6.45) is 0.0822. The lowest BCUT2D eigenvalue weighted by Gasteiger charge is -2.31. The maximum Gasteiger partial charge on any atom is 0.315 e. The molecule has 0 fully saturated rings. The lowest BCUT2D eigenvalue weighted by molar-refractivity contribution is -0.144. The van der Waals surface area contributed by atoms with Crippen molar-refractivity contribution in [2.75, 3.05) is 27.2 Å². The smallest absolute Gasteiger partial charge is 0.315 e. The van der Waals surface area contributed by atoms with E-state index in [1.165, 1.54) is 0 Å². The van der Waals surface area contributed by atoms with Crippen LogP contribution in [-0.4, -0.2) is 49.3 Å². The Kier molecular flexibility index (Phi) is 5.51. The SMILES string of the molecule is COC(C)CN(C)CC(C)(C(=O)O)c1ccccc1. The largest absolute Gasteiger partial charge is 0.481 e. The van der Waals surface area contributed by atoms with Gasteiger partial charge >= 0.3 is 5.97 Å². The van der Waals surface area contributed by atoms with Gasteiger partial charge < -0.3 is 14.7 Å². The van der Waals surface area contributed by atoms with E-state index in [0.717, 1.165) is 5.56 Å². The van der Waals surface area contributed by atoms with Gasteiger partial charge in [0.15, 0.2) is 0 Å². The summed E-state index contributed by atoms with van der Waals surface area (Å²) in [4.78, 5) is 13.6. The number of carbonyl (C=O) groups is 1. The molecule has 0 saturated heterocycles. The maximum atomic E-state index is 11.7. The molecule has 106 valence electrons. The Bertz CT molecular complexity index is 407. The van der Waals surface area contributed by atoms with Crippen LogP contribution in [0.3, 0.4) is 0 Å². The predicted octanol–water partition coefficient (Wildman–Crippen LogP) is 2.00.